The van der Waals surface area contributed by atoms with E-state index in [0.29, 0.717) is 0 Å². The van der Waals surface area contributed by atoms with Gasteiger partial charge in [0.1, 0.15) is 0 Å². The maximum atomic E-state index is 0. The third-order valence-electron chi connectivity index (χ3n) is 0. The van der Waals surface area contributed by atoms with E-state index in [2.05, 4.69) is 0 Å². The summed E-state index contributed by atoms with van der Waals surface area (Å²) in [6, 6.07) is 0. The van der Waals surface area contributed by atoms with Crippen LogP contribution in [0.15, 0.2) is 0 Å². The number of hydrogen-bond acceptors (Lipinski definition) is 0. The van der Waals surface area contributed by atoms with Crippen molar-refractivity contribution in [3.8, 4) is 0 Å². The molecule has 0 heterocycles. The molecule has 0 bridgehead atoms. The quantitative estimate of drug-likeness (QED) is 0.543. The van der Waals surface area contributed by atoms with E-state index in [1.807, 2.05) is 0 Å². The molecule has 4 heteroatoms. The molecule has 0 aromatic rings. The van der Waals surface area contributed by atoms with Gasteiger partial charge in [0.15, 0.2) is 0 Å². The molecule has 2 nitrogen and oxygen atoms in total. The summed E-state index contributed by atoms with van der Waals surface area (Å²) >= 11 is 0. The van der Waals surface area contributed by atoms with Gasteiger partial charge in [0, 0.05) is 64.1 Å². The van der Waals surface area contributed by atoms with Crippen molar-refractivity contribution in [2.75, 3.05) is 0 Å². The zero-order valence-corrected chi connectivity index (χ0v) is 7.10. The van der Waals surface area contributed by atoms with Gasteiger partial charge in [0.2, 0.25) is 0 Å². The molecule has 1 radical (unpaired) electrons. The average molecular weight is 265 g/mol. The minimum atomic E-state index is 0. The molecular weight excluding hydrogens is 265 g/mol. The molecule has 0 N–H and O–H groups in total. The second-order valence-electron chi connectivity index (χ2n) is 0. The molecule has 0 saturated heterocycles. The van der Waals surface area contributed by atoms with Gasteiger partial charge in [-0.2, -0.15) is 0 Å². The molecule has 0 aliphatic carbocycles. The molecule has 0 unspecified atom stereocenters. The van der Waals surface area contributed by atoms with Crippen molar-refractivity contribution in [1.82, 2.24) is 0 Å². The van der Waals surface area contributed by atoms with E-state index in [-0.39, 0.29) is 75.1 Å². The molecule has 0 fully saturated rings. The van der Waals surface area contributed by atoms with Crippen LogP contribution >= 0.6 is 0 Å². The molecule has 0 spiro atoms. The van der Waals surface area contributed by atoms with E-state index in [1.165, 1.54) is 0 Å². The molecule has 25 valence electrons. The first-order valence-electron chi connectivity index (χ1n) is 0. The fourth-order valence-electron chi connectivity index (χ4n) is 0. The van der Waals surface area contributed by atoms with Crippen molar-refractivity contribution < 1.29 is 75.1 Å². The Labute approximate surface area is 73.8 Å². The van der Waals surface area contributed by atoms with Gasteiger partial charge in [-0.15, -0.1) is 0 Å². The Morgan fingerprint density at radius 1 is 0.750 bits per heavy atom. The second kappa shape index (κ2) is 19.8. The smallest absolute Gasteiger partial charge is 0 e. The van der Waals surface area contributed by atoms with Crippen molar-refractivity contribution in [2.45, 2.75) is 0 Å². The summed E-state index contributed by atoms with van der Waals surface area (Å²) in [4.78, 5) is 0. The average Bonchev–Trinajstić information content (AvgIpc) is 0. The second-order valence-corrected chi connectivity index (χ2v) is 0. The minimum Gasteiger partial charge on any atom is -2.00 e. The van der Waals surface area contributed by atoms with Crippen LogP contribution in [0.4, 0.5) is 0 Å². The van der Waals surface area contributed by atoms with E-state index in [4.69, 9.17) is 0 Å². The van der Waals surface area contributed by atoms with Gasteiger partial charge in [-0.3, -0.25) is 0 Å². The third kappa shape index (κ3) is 8.97. The Morgan fingerprint density at radius 3 is 0.750 bits per heavy atom. The van der Waals surface area contributed by atoms with E-state index < -0.39 is 0 Å². The Kier molecular flexibility index (Phi) is 183. The molecule has 0 aliphatic rings. The van der Waals surface area contributed by atoms with E-state index >= 15 is 0 Å². The predicted molar refractivity (Wildman–Crippen MR) is 1.37 cm³/mol. The van der Waals surface area contributed by atoms with E-state index in [0.717, 1.165) is 0 Å². The summed E-state index contributed by atoms with van der Waals surface area (Å²) in [7, 11) is 0. The molecule has 0 saturated carbocycles. The van der Waals surface area contributed by atoms with Crippen LogP contribution in [-0.4, -0.2) is 0 Å². The van der Waals surface area contributed by atoms with Gasteiger partial charge in [0.25, 0.3) is 0 Å². The van der Waals surface area contributed by atoms with Crippen LogP contribution in [-0.2, 0) is 33.3 Å². The normalized spacial score (nSPS) is 0. The summed E-state index contributed by atoms with van der Waals surface area (Å²) in [6.45, 7) is 0. The molecule has 0 atom stereocenters. The Hall–Kier alpha value is 2.04. The van der Waals surface area contributed by atoms with Crippen LogP contribution in [0.5, 0.6) is 0 Å². The molecule has 0 aromatic heterocycles. The molecular formula is CeNbO2-4. The summed E-state index contributed by atoms with van der Waals surface area (Å²) < 4.78 is 0. The van der Waals surface area contributed by atoms with Gasteiger partial charge in [-0.25, -0.2) is 0 Å². The first-order chi connectivity index (χ1) is 0. The maximum Gasteiger partial charge on any atom is 0 e. The van der Waals surface area contributed by atoms with Gasteiger partial charge in [-0.05, 0) is 0 Å². The van der Waals surface area contributed by atoms with Gasteiger partial charge < -0.3 is 11.0 Å². The van der Waals surface area contributed by atoms with Crippen LogP contribution in [0.3, 0.4) is 0 Å². The van der Waals surface area contributed by atoms with Crippen molar-refractivity contribution >= 4 is 0 Å². The van der Waals surface area contributed by atoms with E-state index in [1.54, 1.807) is 0 Å². The predicted octanol–water partition coefficient (Wildman–Crippen LogP) is -0.240. The summed E-state index contributed by atoms with van der Waals surface area (Å²) in [5, 5.41) is 0. The zero-order chi connectivity index (χ0) is 0. The fourth-order valence-corrected chi connectivity index (χ4v) is 0. The van der Waals surface area contributed by atoms with Crippen LogP contribution in [0.25, 0.3) is 0 Å². The van der Waals surface area contributed by atoms with Gasteiger partial charge in [-0.1, -0.05) is 0 Å². The molecule has 0 aromatic carbocycles. The maximum absolute atomic E-state index is 0. The first kappa shape index (κ1) is 36.9. The standard InChI is InChI=1S/Ce.Nb.2O/q;;2*-2. The minimum absolute atomic E-state index is 0. The molecule has 4 heavy (non-hydrogen) atoms. The number of rotatable bonds is 0. The summed E-state index contributed by atoms with van der Waals surface area (Å²) in [6.07, 6.45) is 0. The van der Waals surface area contributed by atoms with Crippen molar-refractivity contribution in [3.63, 3.8) is 0 Å². The number of hydrogen-bond donors (Lipinski definition) is 0. The summed E-state index contributed by atoms with van der Waals surface area (Å²) in [5.41, 5.74) is 0. The SMILES string of the molecule is [Ce].[Nb].[O-2].[O-2]. The van der Waals surface area contributed by atoms with Crippen molar-refractivity contribution in [1.29, 1.82) is 0 Å². The van der Waals surface area contributed by atoms with Crippen molar-refractivity contribution in [2.24, 2.45) is 0 Å². The third-order valence-corrected chi connectivity index (χ3v) is 0. The largest absolute Gasteiger partial charge is 2.00 e. The first-order valence-corrected chi connectivity index (χ1v) is 0. The monoisotopic (exact) mass is 265 g/mol. The van der Waals surface area contributed by atoms with Crippen LogP contribution in [0, 0.1) is 41.7 Å². The fraction of sp³-hybridized carbons (Fsp3) is 0. The zero-order valence-electron chi connectivity index (χ0n) is 1.76. The van der Waals surface area contributed by atoms with Crippen LogP contribution in [0.2, 0.25) is 0 Å². The van der Waals surface area contributed by atoms with Crippen LogP contribution < -0.4 is 0 Å². The Balaban J connectivity index is 0. The molecule has 0 rings (SSSR count). The van der Waals surface area contributed by atoms with Gasteiger partial charge in [0.05, 0.1) is 0 Å². The topological polar surface area (TPSA) is 57.0 Å². The van der Waals surface area contributed by atoms with Gasteiger partial charge >= 0.3 is 0 Å². The van der Waals surface area contributed by atoms with Crippen molar-refractivity contribution in [3.05, 3.63) is 0 Å². The molecule has 0 aliphatic heterocycles. The Morgan fingerprint density at radius 2 is 0.750 bits per heavy atom. The van der Waals surface area contributed by atoms with Crippen LogP contribution in [0.1, 0.15) is 0 Å². The van der Waals surface area contributed by atoms with E-state index in [9.17, 15) is 0 Å². The Bertz CT molecular complexity index is 6.00. The molecule has 0 amide bonds. The summed E-state index contributed by atoms with van der Waals surface area (Å²) in [5.74, 6) is 0.